The Balaban J connectivity index is 2.25. The molecule has 82 valence electrons. The Hall–Kier alpha value is -0.980. The number of para-hydroxylation sites is 1. The smallest absolute Gasteiger partial charge is 0.0405 e. The van der Waals surface area contributed by atoms with Gasteiger partial charge in [-0.05, 0) is 29.9 Å². The second-order valence-electron chi connectivity index (χ2n) is 4.56. The molecule has 0 aromatic heterocycles. The third-order valence-corrected chi connectivity index (χ3v) is 3.41. The van der Waals surface area contributed by atoms with E-state index in [1.54, 1.807) is 0 Å². The van der Waals surface area contributed by atoms with E-state index in [4.69, 9.17) is 0 Å². The summed E-state index contributed by atoms with van der Waals surface area (Å²) in [6.07, 6.45) is 4.98. The summed E-state index contributed by atoms with van der Waals surface area (Å²) in [7, 11) is 0. The van der Waals surface area contributed by atoms with Gasteiger partial charge < -0.3 is 5.32 Å². The fraction of sp³-hybridized carbons (Fsp3) is 0.571. The second kappa shape index (κ2) is 4.69. The average molecular weight is 203 g/mol. The number of hydrogen-bond acceptors (Lipinski definition) is 1. The molecule has 1 nitrogen and oxygen atoms in total. The van der Waals surface area contributed by atoms with Crippen LogP contribution in [0.3, 0.4) is 0 Å². The van der Waals surface area contributed by atoms with Crippen LogP contribution < -0.4 is 5.32 Å². The highest BCUT2D eigenvalue weighted by atomic mass is 14.9. The van der Waals surface area contributed by atoms with Gasteiger partial charge in [0.05, 0.1) is 0 Å². The lowest BCUT2D eigenvalue weighted by molar-refractivity contribution is 0.520. The molecule has 1 unspecified atom stereocenters. The normalized spacial score (nSPS) is 19.5. The van der Waals surface area contributed by atoms with E-state index in [1.807, 2.05) is 0 Å². The minimum Gasteiger partial charge on any atom is -0.384 e. The number of rotatable bonds is 3. The van der Waals surface area contributed by atoms with E-state index in [2.05, 4.69) is 37.4 Å². The highest BCUT2D eigenvalue weighted by Crippen LogP contribution is 2.29. The van der Waals surface area contributed by atoms with E-state index in [0.29, 0.717) is 0 Å². The summed E-state index contributed by atoms with van der Waals surface area (Å²) >= 11 is 0. The van der Waals surface area contributed by atoms with Crippen molar-refractivity contribution < 1.29 is 0 Å². The number of benzene rings is 1. The molecule has 15 heavy (non-hydrogen) atoms. The van der Waals surface area contributed by atoms with Gasteiger partial charge in [0, 0.05) is 12.2 Å². The summed E-state index contributed by atoms with van der Waals surface area (Å²) in [5.74, 6) is 0.828. The monoisotopic (exact) mass is 203 g/mol. The number of aryl methyl sites for hydroxylation is 1. The van der Waals surface area contributed by atoms with Crippen molar-refractivity contribution in [3.8, 4) is 0 Å². The Morgan fingerprint density at radius 2 is 2.20 bits per heavy atom. The summed E-state index contributed by atoms with van der Waals surface area (Å²) in [5, 5.41) is 3.62. The quantitative estimate of drug-likeness (QED) is 0.791. The van der Waals surface area contributed by atoms with Crippen LogP contribution in [0.4, 0.5) is 5.69 Å². The zero-order valence-electron chi connectivity index (χ0n) is 9.84. The first kappa shape index (κ1) is 10.5. The Bertz CT molecular complexity index is 330. The lowest BCUT2D eigenvalue weighted by Gasteiger charge is -2.27. The molecule has 1 aliphatic heterocycles. The first-order valence-electron chi connectivity index (χ1n) is 6.19. The lowest BCUT2D eigenvalue weighted by Crippen LogP contribution is -2.23. The fourth-order valence-corrected chi connectivity index (χ4v) is 2.45. The summed E-state index contributed by atoms with van der Waals surface area (Å²) in [6, 6.07) is 6.76. The van der Waals surface area contributed by atoms with Crippen molar-refractivity contribution in [1.82, 2.24) is 0 Å². The van der Waals surface area contributed by atoms with Gasteiger partial charge in [-0.1, -0.05) is 44.9 Å². The van der Waals surface area contributed by atoms with Gasteiger partial charge in [0.2, 0.25) is 0 Å². The Kier molecular flexibility index (Phi) is 3.30. The minimum atomic E-state index is 0.828. The summed E-state index contributed by atoms with van der Waals surface area (Å²) in [6.45, 7) is 5.69. The number of fused-ring (bicyclic) bond motifs is 1. The van der Waals surface area contributed by atoms with Gasteiger partial charge >= 0.3 is 0 Å². The van der Waals surface area contributed by atoms with Crippen LogP contribution in [0.15, 0.2) is 18.2 Å². The van der Waals surface area contributed by atoms with Crippen LogP contribution in [-0.4, -0.2) is 6.54 Å². The molecule has 1 heteroatoms. The van der Waals surface area contributed by atoms with Gasteiger partial charge in [0.1, 0.15) is 0 Å². The number of anilines is 1. The first-order valence-corrected chi connectivity index (χ1v) is 6.19. The number of hydrogen-bond donors (Lipinski definition) is 1. The van der Waals surface area contributed by atoms with Gasteiger partial charge in [-0.2, -0.15) is 0 Å². The second-order valence-corrected chi connectivity index (χ2v) is 4.56. The van der Waals surface area contributed by atoms with Crippen molar-refractivity contribution in [1.29, 1.82) is 0 Å². The standard InChI is InChI=1S/C14H21N/c1-3-6-12-7-5-8-13-9-11(4-2)10-15-14(12)13/h5,7-8,11,15H,3-4,6,9-10H2,1-2H3. The molecule has 0 saturated carbocycles. The fourth-order valence-electron chi connectivity index (χ4n) is 2.45. The van der Waals surface area contributed by atoms with E-state index in [-0.39, 0.29) is 0 Å². The predicted molar refractivity (Wildman–Crippen MR) is 66.4 cm³/mol. The molecule has 2 rings (SSSR count). The summed E-state index contributed by atoms with van der Waals surface area (Å²) < 4.78 is 0. The summed E-state index contributed by atoms with van der Waals surface area (Å²) in [4.78, 5) is 0. The zero-order chi connectivity index (χ0) is 10.7. The van der Waals surface area contributed by atoms with E-state index in [1.165, 1.54) is 42.5 Å². The largest absolute Gasteiger partial charge is 0.384 e. The highest BCUT2D eigenvalue weighted by molar-refractivity contribution is 5.59. The van der Waals surface area contributed by atoms with Crippen LogP contribution >= 0.6 is 0 Å². The molecular weight excluding hydrogens is 182 g/mol. The molecule has 1 N–H and O–H groups in total. The molecule has 0 amide bonds. The predicted octanol–water partition coefficient (Wildman–Crippen LogP) is 3.63. The van der Waals surface area contributed by atoms with E-state index < -0.39 is 0 Å². The summed E-state index contributed by atoms with van der Waals surface area (Å²) in [5.41, 5.74) is 4.47. The SMILES string of the molecule is CCCc1cccc2c1NCC(CC)C2. The zero-order valence-corrected chi connectivity index (χ0v) is 9.84. The molecule has 1 heterocycles. The van der Waals surface area contributed by atoms with Crippen LogP contribution in [0, 0.1) is 5.92 Å². The molecule has 0 radical (unpaired) electrons. The van der Waals surface area contributed by atoms with Crippen LogP contribution in [-0.2, 0) is 12.8 Å². The van der Waals surface area contributed by atoms with Crippen LogP contribution in [0.5, 0.6) is 0 Å². The third-order valence-electron chi connectivity index (χ3n) is 3.41. The molecule has 0 spiro atoms. The number of nitrogens with one attached hydrogen (secondary N) is 1. The van der Waals surface area contributed by atoms with Crippen LogP contribution in [0.2, 0.25) is 0 Å². The maximum atomic E-state index is 3.62. The van der Waals surface area contributed by atoms with Gasteiger partial charge in [-0.25, -0.2) is 0 Å². The van der Waals surface area contributed by atoms with E-state index >= 15 is 0 Å². The topological polar surface area (TPSA) is 12.0 Å². The average Bonchev–Trinajstić information content (AvgIpc) is 2.29. The minimum absolute atomic E-state index is 0.828. The van der Waals surface area contributed by atoms with Crippen molar-refractivity contribution >= 4 is 5.69 Å². The van der Waals surface area contributed by atoms with Gasteiger partial charge in [-0.15, -0.1) is 0 Å². The van der Waals surface area contributed by atoms with Crippen molar-refractivity contribution in [2.75, 3.05) is 11.9 Å². The van der Waals surface area contributed by atoms with Gasteiger partial charge in [0.15, 0.2) is 0 Å². The van der Waals surface area contributed by atoms with Crippen molar-refractivity contribution in [2.45, 2.75) is 39.5 Å². The Morgan fingerprint density at radius 3 is 2.93 bits per heavy atom. The maximum Gasteiger partial charge on any atom is 0.0405 e. The molecule has 1 aromatic carbocycles. The van der Waals surface area contributed by atoms with Crippen LogP contribution in [0.1, 0.15) is 37.8 Å². The molecule has 0 saturated heterocycles. The Labute approximate surface area is 92.9 Å². The maximum absolute atomic E-state index is 3.62. The molecule has 1 aromatic rings. The van der Waals surface area contributed by atoms with E-state index in [0.717, 1.165) is 12.5 Å². The molecule has 0 fully saturated rings. The first-order chi connectivity index (χ1) is 7.35. The van der Waals surface area contributed by atoms with Crippen LogP contribution in [0.25, 0.3) is 0 Å². The molecule has 1 aliphatic rings. The molecule has 0 bridgehead atoms. The van der Waals surface area contributed by atoms with Gasteiger partial charge in [-0.3, -0.25) is 0 Å². The highest BCUT2D eigenvalue weighted by Gasteiger charge is 2.18. The lowest BCUT2D eigenvalue weighted by atomic mass is 9.89. The molecule has 1 atom stereocenters. The van der Waals surface area contributed by atoms with E-state index in [9.17, 15) is 0 Å². The molecular formula is C14H21N. The van der Waals surface area contributed by atoms with Crippen molar-refractivity contribution in [3.05, 3.63) is 29.3 Å². The van der Waals surface area contributed by atoms with Crippen molar-refractivity contribution in [3.63, 3.8) is 0 Å². The van der Waals surface area contributed by atoms with Gasteiger partial charge in [0.25, 0.3) is 0 Å². The third kappa shape index (κ3) is 2.17. The van der Waals surface area contributed by atoms with Crippen molar-refractivity contribution in [2.24, 2.45) is 5.92 Å². The molecule has 0 aliphatic carbocycles. The Morgan fingerprint density at radius 1 is 1.33 bits per heavy atom.